The predicted molar refractivity (Wildman–Crippen MR) is 73.9 cm³/mol. The van der Waals surface area contributed by atoms with Gasteiger partial charge < -0.3 is 10.3 Å². The summed E-state index contributed by atoms with van der Waals surface area (Å²) in [4.78, 5) is 8.42. The molecule has 0 spiro atoms. The molecule has 3 heteroatoms. The zero-order valence-electron chi connectivity index (χ0n) is 11.5. The standard InChI is InChI=1S/C15H25N3/c1-11-15(12-6-3-2-4-7-12)18-14(17-11)10-13-8-5-9-16-13/h12-13,16H,2-10H2,1H3,(H,17,18). The smallest absolute Gasteiger partial charge is 0.108 e. The number of hydrogen-bond donors (Lipinski definition) is 2. The van der Waals surface area contributed by atoms with Gasteiger partial charge in [-0.15, -0.1) is 0 Å². The van der Waals surface area contributed by atoms with Crippen LogP contribution in [0.1, 0.15) is 68.1 Å². The Balaban J connectivity index is 1.69. The van der Waals surface area contributed by atoms with E-state index in [2.05, 4.69) is 17.2 Å². The molecule has 3 rings (SSSR count). The Morgan fingerprint density at radius 3 is 2.67 bits per heavy atom. The maximum atomic E-state index is 4.90. The third-order valence-electron chi connectivity index (χ3n) is 4.57. The molecule has 0 bridgehead atoms. The first-order valence-corrected chi connectivity index (χ1v) is 7.61. The number of nitrogens with one attached hydrogen (secondary N) is 2. The maximum Gasteiger partial charge on any atom is 0.108 e. The van der Waals surface area contributed by atoms with Crippen molar-refractivity contribution in [2.75, 3.05) is 6.54 Å². The first-order valence-electron chi connectivity index (χ1n) is 7.61. The van der Waals surface area contributed by atoms with Gasteiger partial charge in [-0.1, -0.05) is 19.3 Å². The molecule has 1 saturated heterocycles. The number of imidazole rings is 1. The van der Waals surface area contributed by atoms with Crippen LogP contribution in [-0.4, -0.2) is 22.6 Å². The molecular formula is C15H25N3. The van der Waals surface area contributed by atoms with Crippen LogP contribution in [0.4, 0.5) is 0 Å². The van der Waals surface area contributed by atoms with Crippen molar-refractivity contribution in [1.29, 1.82) is 0 Å². The van der Waals surface area contributed by atoms with E-state index in [1.165, 1.54) is 68.7 Å². The van der Waals surface area contributed by atoms with Crippen LogP contribution < -0.4 is 5.32 Å². The molecule has 0 aromatic carbocycles. The molecule has 100 valence electrons. The molecule has 1 atom stereocenters. The van der Waals surface area contributed by atoms with Crippen LogP contribution in [-0.2, 0) is 6.42 Å². The highest BCUT2D eigenvalue weighted by molar-refractivity contribution is 5.19. The van der Waals surface area contributed by atoms with Crippen molar-refractivity contribution < 1.29 is 0 Å². The third kappa shape index (κ3) is 2.61. The second-order valence-corrected chi connectivity index (χ2v) is 6.03. The van der Waals surface area contributed by atoms with Gasteiger partial charge in [0.1, 0.15) is 5.82 Å². The summed E-state index contributed by atoms with van der Waals surface area (Å²) in [6, 6.07) is 0.648. The van der Waals surface area contributed by atoms with E-state index < -0.39 is 0 Å². The topological polar surface area (TPSA) is 40.7 Å². The molecule has 1 aliphatic heterocycles. The van der Waals surface area contributed by atoms with Gasteiger partial charge in [-0.25, -0.2) is 4.98 Å². The maximum absolute atomic E-state index is 4.90. The van der Waals surface area contributed by atoms with Gasteiger partial charge in [-0.05, 0) is 39.2 Å². The fourth-order valence-electron chi connectivity index (χ4n) is 3.57. The zero-order valence-corrected chi connectivity index (χ0v) is 11.5. The summed E-state index contributed by atoms with van der Waals surface area (Å²) >= 11 is 0. The van der Waals surface area contributed by atoms with Gasteiger partial charge in [0.2, 0.25) is 0 Å². The molecule has 1 aromatic rings. The second-order valence-electron chi connectivity index (χ2n) is 6.03. The molecule has 1 aliphatic carbocycles. The number of rotatable bonds is 3. The highest BCUT2D eigenvalue weighted by atomic mass is 15.0. The SMILES string of the molecule is Cc1[nH]c(CC2CCCN2)nc1C1CCCCC1. The monoisotopic (exact) mass is 247 g/mol. The van der Waals surface area contributed by atoms with Gasteiger partial charge in [-0.2, -0.15) is 0 Å². The van der Waals surface area contributed by atoms with Crippen molar-refractivity contribution in [3.63, 3.8) is 0 Å². The van der Waals surface area contributed by atoms with Crippen molar-refractivity contribution in [2.45, 2.75) is 70.3 Å². The van der Waals surface area contributed by atoms with E-state index in [4.69, 9.17) is 4.98 Å². The number of H-pyrrole nitrogens is 1. The summed E-state index contributed by atoms with van der Waals surface area (Å²) in [5.41, 5.74) is 2.68. The van der Waals surface area contributed by atoms with E-state index in [0.29, 0.717) is 6.04 Å². The van der Waals surface area contributed by atoms with Crippen molar-refractivity contribution in [1.82, 2.24) is 15.3 Å². The normalized spacial score (nSPS) is 25.7. The summed E-state index contributed by atoms with van der Waals surface area (Å²) in [7, 11) is 0. The lowest BCUT2D eigenvalue weighted by Crippen LogP contribution is -2.24. The summed E-state index contributed by atoms with van der Waals surface area (Å²) < 4.78 is 0. The van der Waals surface area contributed by atoms with E-state index >= 15 is 0 Å². The van der Waals surface area contributed by atoms with Gasteiger partial charge in [0.15, 0.2) is 0 Å². The molecule has 1 saturated carbocycles. The Morgan fingerprint density at radius 2 is 1.94 bits per heavy atom. The van der Waals surface area contributed by atoms with Crippen LogP contribution in [0.5, 0.6) is 0 Å². The quantitative estimate of drug-likeness (QED) is 0.862. The van der Waals surface area contributed by atoms with E-state index in [-0.39, 0.29) is 0 Å². The van der Waals surface area contributed by atoms with Crippen LogP contribution in [0.15, 0.2) is 0 Å². The molecule has 2 fully saturated rings. The molecule has 3 nitrogen and oxygen atoms in total. The molecule has 1 unspecified atom stereocenters. The predicted octanol–water partition coefficient (Wildman–Crippen LogP) is 3.06. The molecule has 1 aromatic heterocycles. The Bertz CT molecular complexity index is 384. The summed E-state index contributed by atoms with van der Waals surface area (Å²) in [6.07, 6.45) is 10.6. The largest absolute Gasteiger partial charge is 0.346 e. The van der Waals surface area contributed by atoms with E-state index in [9.17, 15) is 0 Å². The minimum atomic E-state index is 0.648. The molecule has 0 amide bonds. The Hall–Kier alpha value is -0.830. The summed E-state index contributed by atoms with van der Waals surface area (Å²) in [6.45, 7) is 3.38. The van der Waals surface area contributed by atoms with Crippen LogP contribution in [0.2, 0.25) is 0 Å². The number of aromatic amines is 1. The third-order valence-corrected chi connectivity index (χ3v) is 4.57. The van der Waals surface area contributed by atoms with Crippen molar-refractivity contribution in [2.24, 2.45) is 0 Å². The number of nitrogens with zero attached hydrogens (tertiary/aromatic N) is 1. The zero-order chi connectivity index (χ0) is 12.4. The fourth-order valence-corrected chi connectivity index (χ4v) is 3.57. The highest BCUT2D eigenvalue weighted by Crippen LogP contribution is 2.33. The van der Waals surface area contributed by atoms with Crippen LogP contribution in [0.3, 0.4) is 0 Å². The lowest BCUT2D eigenvalue weighted by atomic mass is 9.86. The average molecular weight is 247 g/mol. The minimum absolute atomic E-state index is 0.648. The summed E-state index contributed by atoms with van der Waals surface area (Å²) in [5.74, 6) is 1.92. The second kappa shape index (κ2) is 5.43. The number of hydrogen-bond acceptors (Lipinski definition) is 2. The molecular weight excluding hydrogens is 222 g/mol. The van der Waals surface area contributed by atoms with Gasteiger partial charge in [0.05, 0.1) is 5.69 Å². The first kappa shape index (κ1) is 12.2. The lowest BCUT2D eigenvalue weighted by Gasteiger charge is -2.20. The van der Waals surface area contributed by atoms with Gasteiger partial charge >= 0.3 is 0 Å². The van der Waals surface area contributed by atoms with Gasteiger partial charge in [0.25, 0.3) is 0 Å². The molecule has 2 N–H and O–H groups in total. The van der Waals surface area contributed by atoms with Gasteiger partial charge in [-0.3, -0.25) is 0 Å². The minimum Gasteiger partial charge on any atom is -0.346 e. The Kier molecular flexibility index (Phi) is 3.69. The summed E-state index contributed by atoms with van der Waals surface area (Å²) in [5, 5.41) is 3.55. The van der Waals surface area contributed by atoms with E-state index in [1.54, 1.807) is 0 Å². The fraction of sp³-hybridized carbons (Fsp3) is 0.800. The van der Waals surface area contributed by atoms with Crippen molar-refractivity contribution in [3.8, 4) is 0 Å². The first-order chi connectivity index (χ1) is 8.83. The Labute approximate surface area is 110 Å². The van der Waals surface area contributed by atoms with E-state index in [1.807, 2.05) is 0 Å². The number of aryl methyl sites for hydroxylation is 1. The number of aromatic nitrogens is 2. The van der Waals surface area contributed by atoms with Crippen LogP contribution in [0, 0.1) is 6.92 Å². The highest BCUT2D eigenvalue weighted by Gasteiger charge is 2.22. The van der Waals surface area contributed by atoms with Crippen LogP contribution >= 0.6 is 0 Å². The molecule has 2 aliphatic rings. The molecule has 2 heterocycles. The van der Waals surface area contributed by atoms with Crippen LogP contribution in [0.25, 0.3) is 0 Å². The van der Waals surface area contributed by atoms with Crippen molar-refractivity contribution >= 4 is 0 Å². The van der Waals surface area contributed by atoms with Crippen molar-refractivity contribution in [3.05, 3.63) is 17.2 Å². The van der Waals surface area contributed by atoms with E-state index in [0.717, 1.165) is 12.3 Å². The van der Waals surface area contributed by atoms with Gasteiger partial charge in [0, 0.05) is 24.1 Å². The average Bonchev–Trinajstić information content (AvgIpc) is 3.01. The molecule has 0 radical (unpaired) electrons. The Morgan fingerprint density at radius 1 is 1.11 bits per heavy atom. The lowest BCUT2D eigenvalue weighted by molar-refractivity contribution is 0.436. The molecule has 18 heavy (non-hydrogen) atoms.